The summed E-state index contributed by atoms with van der Waals surface area (Å²) in [6.07, 6.45) is -0.335. The summed E-state index contributed by atoms with van der Waals surface area (Å²) in [5.74, 6) is -3.70. The largest absolute Gasteiger partial charge is 0.390 e. The fraction of sp³-hybridized carbons (Fsp3) is 0.150. The average molecular weight is 433 g/mol. The van der Waals surface area contributed by atoms with Crippen molar-refractivity contribution in [3.8, 4) is 0 Å². The molecule has 0 unspecified atom stereocenters. The third-order valence-corrected chi connectivity index (χ3v) is 5.12. The number of carbonyl (C=O) groups excluding carboxylic acids is 2. The number of aliphatic hydroxyl groups is 1. The quantitative estimate of drug-likeness (QED) is 0.475. The number of hydrogen-bond acceptors (Lipinski definition) is 4. The number of fused-ring (bicyclic) bond motifs is 1. The van der Waals surface area contributed by atoms with Gasteiger partial charge in [0.1, 0.15) is 5.82 Å². The van der Waals surface area contributed by atoms with Crippen LogP contribution in [0.3, 0.4) is 0 Å². The monoisotopic (exact) mass is 432 g/mol. The minimum Gasteiger partial charge on any atom is -0.390 e. The molecule has 0 fully saturated rings. The Balaban J connectivity index is 1.46. The Hall–Kier alpha value is -3.30. The normalized spacial score (nSPS) is 17.5. The molecule has 0 saturated carbocycles. The van der Waals surface area contributed by atoms with Gasteiger partial charge >= 0.3 is 0 Å². The number of rotatable bonds is 4. The topological polar surface area (TPSA) is 107 Å². The van der Waals surface area contributed by atoms with Crippen molar-refractivity contribution in [3.63, 3.8) is 0 Å². The second-order valence-corrected chi connectivity index (χ2v) is 7.20. The zero-order valence-electron chi connectivity index (χ0n) is 15.2. The molecular weight excluding hydrogens is 418 g/mol. The first-order chi connectivity index (χ1) is 14.3. The third kappa shape index (κ3) is 3.77. The highest BCUT2D eigenvalue weighted by Gasteiger charge is 2.32. The van der Waals surface area contributed by atoms with Crippen molar-refractivity contribution in [3.05, 3.63) is 81.5 Å². The van der Waals surface area contributed by atoms with Crippen LogP contribution in [0.2, 0.25) is 5.02 Å². The van der Waals surface area contributed by atoms with E-state index in [9.17, 15) is 23.5 Å². The predicted octanol–water partition coefficient (Wildman–Crippen LogP) is 2.98. The maximum Gasteiger partial charge on any atom is 0.272 e. The molecule has 0 bridgehead atoms. The molecule has 4 rings (SSSR count). The summed E-state index contributed by atoms with van der Waals surface area (Å²) in [6, 6.07) is 9.46. The van der Waals surface area contributed by atoms with Crippen molar-refractivity contribution in [2.45, 2.75) is 18.6 Å². The van der Waals surface area contributed by atoms with Gasteiger partial charge < -0.3 is 15.7 Å². The summed E-state index contributed by atoms with van der Waals surface area (Å²) in [4.78, 5) is 24.8. The van der Waals surface area contributed by atoms with E-state index in [0.29, 0.717) is 18.6 Å². The molecule has 1 aromatic heterocycles. The van der Waals surface area contributed by atoms with Crippen LogP contribution in [0.1, 0.15) is 38.0 Å². The lowest BCUT2D eigenvalue weighted by Crippen LogP contribution is -2.34. The zero-order chi connectivity index (χ0) is 21.4. The van der Waals surface area contributed by atoms with Gasteiger partial charge in [-0.15, -0.1) is 0 Å². The first kappa shape index (κ1) is 20.0. The number of benzene rings is 2. The van der Waals surface area contributed by atoms with E-state index in [1.807, 2.05) is 24.3 Å². The number of hydrogen-bond donors (Lipinski definition) is 4. The molecule has 0 saturated heterocycles. The number of nitrogens with one attached hydrogen (secondary N) is 3. The smallest absolute Gasteiger partial charge is 0.272 e. The maximum atomic E-state index is 13.4. The van der Waals surface area contributed by atoms with E-state index < -0.39 is 35.6 Å². The summed E-state index contributed by atoms with van der Waals surface area (Å²) in [5, 5.41) is 21.4. The van der Waals surface area contributed by atoms with Crippen LogP contribution in [0, 0.1) is 11.6 Å². The van der Waals surface area contributed by atoms with Crippen molar-refractivity contribution in [2.75, 3.05) is 5.32 Å². The Kier molecular flexibility index (Phi) is 5.23. The number of anilines is 1. The minimum atomic E-state index is -1.22. The van der Waals surface area contributed by atoms with E-state index >= 15 is 0 Å². The standard InChI is InChI=1S/C20H15ClF2N4O3/c21-12-7-14(23)13(22)6-11(12)19(29)24-17-8-15(26-27-17)20(30)25-18-10-4-2-1-3-9(10)5-16(18)28/h1-4,6-8,16,18,28H,5H2,(H,25,30)(H2,24,26,27,29)/t16-,18+/m1/s1. The molecule has 10 heteroatoms. The van der Waals surface area contributed by atoms with Gasteiger partial charge in [-0.2, -0.15) is 5.10 Å². The van der Waals surface area contributed by atoms with Gasteiger partial charge in [0.15, 0.2) is 17.3 Å². The van der Waals surface area contributed by atoms with Gasteiger partial charge in [0.05, 0.1) is 22.7 Å². The molecule has 0 radical (unpaired) electrons. The predicted molar refractivity (Wildman–Crippen MR) is 104 cm³/mol. The number of H-pyrrole nitrogens is 1. The molecule has 4 N–H and O–H groups in total. The molecule has 0 spiro atoms. The number of nitrogens with zero attached hydrogens (tertiary/aromatic N) is 1. The maximum absolute atomic E-state index is 13.4. The van der Waals surface area contributed by atoms with E-state index in [1.165, 1.54) is 6.07 Å². The summed E-state index contributed by atoms with van der Waals surface area (Å²) < 4.78 is 26.6. The van der Waals surface area contributed by atoms with E-state index in [0.717, 1.165) is 11.1 Å². The van der Waals surface area contributed by atoms with Crippen LogP contribution >= 0.6 is 11.6 Å². The lowest BCUT2D eigenvalue weighted by Gasteiger charge is -2.17. The number of carbonyl (C=O) groups is 2. The average Bonchev–Trinajstić information content (AvgIpc) is 3.29. The highest BCUT2D eigenvalue weighted by atomic mass is 35.5. The number of halogens is 3. The first-order valence-electron chi connectivity index (χ1n) is 8.91. The van der Waals surface area contributed by atoms with Gasteiger partial charge in [-0.1, -0.05) is 35.9 Å². The summed E-state index contributed by atoms with van der Waals surface area (Å²) in [5.41, 5.74) is 1.48. The van der Waals surface area contributed by atoms with Crippen LogP contribution in [-0.2, 0) is 6.42 Å². The zero-order valence-corrected chi connectivity index (χ0v) is 16.0. The Morgan fingerprint density at radius 1 is 1.13 bits per heavy atom. The van der Waals surface area contributed by atoms with E-state index in [1.54, 1.807) is 0 Å². The molecular formula is C20H15ClF2N4O3. The summed E-state index contributed by atoms with van der Waals surface area (Å²) in [6.45, 7) is 0. The Morgan fingerprint density at radius 2 is 1.87 bits per heavy atom. The third-order valence-electron chi connectivity index (χ3n) is 4.80. The van der Waals surface area contributed by atoms with Gasteiger partial charge in [-0.25, -0.2) is 8.78 Å². The molecule has 30 heavy (non-hydrogen) atoms. The van der Waals surface area contributed by atoms with Crippen LogP contribution in [0.4, 0.5) is 14.6 Å². The highest BCUT2D eigenvalue weighted by Crippen LogP contribution is 2.31. The fourth-order valence-electron chi connectivity index (χ4n) is 3.35. The van der Waals surface area contributed by atoms with Crippen molar-refractivity contribution in [2.24, 2.45) is 0 Å². The Bertz CT molecular complexity index is 1150. The van der Waals surface area contributed by atoms with Gasteiger partial charge in [0.2, 0.25) is 0 Å². The van der Waals surface area contributed by atoms with E-state index in [4.69, 9.17) is 11.6 Å². The van der Waals surface area contributed by atoms with Crippen molar-refractivity contribution >= 4 is 29.2 Å². The highest BCUT2D eigenvalue weighted by molar-refractivity contribution is 6.34. The lowest BCUT2D eigenvalue weighted by molar-refractivity contribution is 0.0853. The Labute approximate surface area is 174 Å². The number of aromatic amines is 1. The van der Waals surface area contributed by atoms with Crippen molar-refractivity contribution in [1.29, 1.82) is 0 Å². The van der Waals surface area contributed by atoms with Crippen LogP contribution < -0.4 is 10.6 Å². The number of amides is 2. The van der Waals surface area contributed by atoms with Crippen LogP contribution in [-0.4, -0.2) is 33.2 Å². The number of aromatic nitrogens is 2. The molecule has 1 aliphatic rings. The molecule has 2 atom stereocenters. The van der Waals surface area contributed by atoms with Crippen LogP contribution in [0.15, 0.2) is 42.5 Å². The second kappa shape index (κ2) is 7.85. The van der Waals surface area contributed by atoms with Gasteiger partial charge in [-0.3, -0.25) is 14.7 Å². The SMILES string of the molecule is O=C(N[C@H]1c2ccccc2C[C@H]1O)c1cc(NC(=O)c2cc(F)c(F)cc2Cl)[nH]n1. The van der Waals surface area contributed by atoms with Gasteiger partial charge in [-0.05, 0) is 23.3 Å². The van der Waals surface area contributed by atoms with Gasteiger partial charge in [0, 0.05) is 12.5 Å². The molecule has 2 amide bonds. The molecule has 1 aliphatic carbocycles. The fourth-order valence-corrected chi connectivity index (χ4v) is 3.59. The Morgan fingerprint density at radius 3 is 2.67 bits per heavy atom. The van der Waals surface area contributed by atoms with Crippen LogP contribution in [0.5, 0.6) is 0 Å². The first-order valence-corrected chi connectivity index (χ1v) is 9.29. The second-order valence-electron chi connectivity index (χ2n) is 6.79. The number of aliphatic hydroxyl groups excluding tert-OH is 1. The molecule has 3 aromatic rings. The van der Waals surface area contributed by atoms with Gasteiger partial charge in [0.25, 0.3) is 11.8 Å². The lowest BCUT2D eigenvalue weighted by atomic mass is 10.1. The molecule has 0 aliphatic heterocycles. The summed E-state index contributed by atoms with van der Waals surface area (Å²) in [7, 11) is 0. The van der Waals surface area contributed by atoms with E-state index in [-0.39, 0.29) is 22.1 Å². The molecule has 154 valence electrons. The summed E-state index contributed by atoms with van der Waals surface area (Å²) >= 11 is 5.79. The van der Waals surface area contributed by atoms with Crippen molar-refractivity contribution in [1.82, 2.24) is 15.5 Å². The molecule has 7 nitrogen and oxygen atoms in total. The van der Waals surface area contributed by atoms with E-state index in [2.05, 4.69) is 20.8 Å². The van der Waals surface area contributed by atoms with Crippen LogP contribution in [0.25, 0.3) is 0 Å². The molecule has 2 aromatic carbocycles. The molecule has 1 heterocycles. The van der Waals surface area contributed by atoms with Crippen molar-refractivity contribution < 1.29 is 23.5 Å². The minimum absolute atomic E-state index is 0.0294.